The highest BCUT2D eigenvalue weighted by molar-refractivity contribution is 6.31. The number of hydrogen-bond donors (Lipinski definition) is 2. The molecule has 4 nitrogen and oxygen atoms in total. The largest absolute Gasteiger partial charge is 0.396 e. The summed E-state index contributed by atoms with van der Waals surface area (Å²) in [5.74, 6) is 0.182. The maximum atomic E-state index is 12.3. The van der Waals surface area contributed by atoms with Crippen molar-refractivity contribution in [3.8, 4) is 0 Å². The van der Waals surface area contributed by atoms with E-state index in [1.807, 2.05) is 24.6 Å². The summed E-state index contributed by atoms with van der Waals surface area (Å²) in [7, 11) is 0. The fourth-order valence-corrected chi connectivity index (χ4v) is 2.44. The van der Waals surface area contributed by atoms with Crippen LogP contribution in [-0.2, 0) is 0 Å². The van der Waals surface area contributed by atoms with Gasteiger partial charge in [-0.2, -0.15) is 0 Å². The van der Waals surface area contributed by atoms with Gasteiger partial charge in [0.15, 0.2) is 0 Å². The van der Waals surface area contributed by atoms with Crippen LogP contribution in [0.1, 0.15) is 49.6 Å². The Balaban J connectivity index is 2.10. The molecule has 0 radical (unpaired) electrons. The molecule has 106 valence electrons. The molecule has 1 heterocycles. The Morgan fingerprint density at radius 2 is 2.26 bits per heavy atom. The van der Waals surface area contributed by atoms with Crippen molar-refractivity contribution in [3.63, 3.8) is 0 Å². The van der Waals surface area contributed by atoms with Crippen LogP contribution in [0.15, 0.2) is 12.3 Å². The molecule has 1 aliphatic carbocycles. The number of carbonyl (C=O) groups excluding carboxylic acids is 1. The quantitative estimate of drug-likeness (QED) is 0.844. The minimum atomic E-state index is -0.106. The third-order valence-electron chi connectivity index (χ3n) is 3.55. The molecule has 1 fully saturated rings. The lowest BCUT2D eigenvalue weighted by molar-refractivity contribution is 0.0907. The van der Waals surface area contributed by atoms with Gasteiger partial charge in [-0.05, 0) is 31.2 Å². The average molecular weight is 285 g/mol. The number of rotatable bonds is 6. The number of halogens is 1. The van der Waals surface area contributed by atoms with E-state index in [-0.39, 0.29) is 24.5 Å². The maximum Gasteiger partial charge on any atom is 0.268 e. The Morgan fingerprint density at radius 3 is 2.79 bits per heavy atom. The normalized spacial score (nSPS) is 16.7. The third kappa shape index (κ3) is 3.51. The van der Waals surface area contributed by atoms with Gasteiger partial charge in [0.05, 0.1) is 5.02 Å². The van der Waals surface area contributed by atoms with Crippen molar-refractivity contribution in [1.82, 2.24) is 9.88 Å². The zero-order valence-corrected chi connectivity index (χ0v) is 12.2. The molecule has 2 rings (SSSR count). The summed E-state index contributed by atoms with van der Waals surface area (Å²) in [6.07, 6.45) is 4.61. The Bertz CT molecular complexity index is 452. The van der Waals surface area contributed by atoms with Gasteiger partial charge in [-0.15, -0.1) is 0 Å². The van der Waals surface area contributed by atoms with Gasteiger partial charge in [0, 0.05) is 24.9 Å². The van der Waals surface area contributed by atoms with Crippen LogP contribution < -0.4 is 5.32 Å². The van der Waals surface area contributed by atoms with Gasteiger partial charge in [-0.25, -0.2) is 0 Å². The lowest BCUT2D eigenvalue weighted by Gasteiger charge is -2.21. The van der Waals surface area contributed by atoms with Crippen LogP contribution in [0.25, 0.3) is 0 Å². The van der Waals surface area contributed by atoms with Gasteiger partial charge < -0.3 is 15.0 Å². The molecule has 1 unspecified atom stereocenters. The number of carbonyl (C=O) groups is 1. The van der Waals surface area contributed by atoms with Crippen LogP contribution in [0, 0.1) is 5.92 Å². The van der Waals surface area contributed by atoms with Crippen LogP contribution in [0.4, 0.5) is 0 Å². The average Bonchev–Trinajstić information content (AvgIpc) is 3.11. The molecule has 0 aliphatic heterocycles. The molecule has 1 amide bonds. The fourth-order valence-electron chi connectivity index (χ4n) is 2.24. The van der Waals surface area contributed by atoms with Crippen molar-refractivity contribution in [3.05, 3.63) is 23.0 Å². The molecule has 0 bridgehead atoms. The number of hydrogen-bond acceptors (Lipinski definition) is 2. The Morgan fingerprint density at radius 1 is 1.58 bits per heavy atom. The zero-order valence-electron chi connectivity index (χ0n) is 11.4. The van der Waals surface area contributed by atoms with E-state index >= 15 is 0 Å². The molecule has 1 saturated carbocycles. The smallest absolute Gasteiger partial charge is 0.268 e. The third-order valence-corrected chi connectivity index (χ3v) is 3.76. The van der Waals surface area contributed by atoms with Gasteiger partial charge in [-0.1, -0.05) is 25.4 Å². The number of aliphatic hydroxyl groups excluding tert-OH is 1. The molecule has 5 heteroatoms. The second-order valence-corrected chi connectivity index (χ2v) is 5.95. The summed E-state index contributed by atoms with van der Waals surface area (Å²) in [5, 5.41) is 12.6. The van der Waals surface area contributed by atoms with Crippen molar-refractivity contribution in [2.45, 2.75) is 45.2 Å². The van der Waals surface area contributed by atoms with Crippen LogP contribution in [0.3, 0.4) is 0 Å². The standard InChI is InChI=1S/C14H21ClN2O2/c1-9(2)12(5-6-18)16-14(19)13-7-10(15)8-17(13)11-3-4-11/h7-9,11-12,18H,3-6H2,1-2H3,(H,16,19). The minimum Gasteiger partial charge on any atom is -0.396 e. The second kappa shape index (κ2) is 5.97. The Labute approximate surface area is 118 Å². The van der Waals surface area contributed by atoms with E-state index in [1.165, 1.54) is 0 Å². The topological polar surface area (TPSA) is 54.3 Å². The number of aromatic nitrogens is 1. The molecule has 19 heavy (non-hydrogen) atoms. The molecule has 2 N–H and O–H groups in total. The molecule has 0 aromatic carbocycles. The first kappa shape index (κ1) is 14.4. The van der Waals surface area contributed by atoms with Crippen LogP contribution in [0.5, 0.6) is 0 Å². The first-order chi connectivity index (χ1) is 9.02. The summed E-state index contributed by atoms with van der Waals surface area (Å²) in [6.45, 7) is 4.15. The molecule has 1 atom stereocenters. The maximum absolute atomic E-state index is 12.3. The van der Waals surface area contributed by atoms with Crippen molar-refractivity contribution in [2.24, 2.45) is 5.92 Å². The highest BCUT2D eigenvalue weighted by Crippen LogP contribution is 2.37. The number of nitrogens with one attached hydrogen (secondary N) is 1. The van der Waals surface area contributed by atoms with Gasteiger partial charge in [-0.3, -0.25) is 4.79 Å². The lowest BCUT2D eigenvalue weighted by Crippen LogP contribution is -2.39. The highest BCUT2D eigenvalue weighted by atomic mass is 35.5. The predicted octanol–water partition coefficient (Wildman–Crippen LogP) is 2.61. The molecule has 1 aromatic heterocycles. The van der Waals surface area contributed by atoms with Crippen molar-refractivity contribution < 1.29 is 9.90 Å². The summed E-state index contributed by atoms with van der Waals surface area (Å²) in [5.41, 5.74) is 0.621. The van der Waals surface area contributed by atoms with Gasteiger partial charge in [0.2, 0.25) is 0 Å². The molecule has 0 spiro atoms. The van der Waals surface area contributed by atoms with Crippen molar-refractivity contribution in [2.75, 3.05) is 6.61 Å². The molecular formula is C14H21ClN2O2. The van der Waals surface area contributed by atoms with E-state index in [1.54, 1.807) is 6.07 Å². The van der Waals surface area contributed by atoms with Crippen molar-refractivity contribution >= 4 is 17.5 Å². The number of amides is 1. The lowest BCUT2D eigenvalue weighted by atomic mass is 10.0. The van der Waals surface area contributed by atoms with Crippen LogP contribution >= 0.6 is 11.6 Å². The van der Waals surface area contributed by atoms with E-state index in [2.05, 4.69) is 5.32 Å². The SMILES string of the molecule is CC(C)C(CCO)NC(=O)c1cc(Cl)cn1C1CC1. The predicted molar refractivity (Wildman–Crippen MR) is 75.5 cm³/mol. The van der Waals surface area contributed by atoms with E-state index in [9.17, 15) is 4.79 Å². The molecule has 0 saturated heterocycles. The Hall–Kier alpha value is -1.00. The van der Waals surface area contributed by atoms with Crippen LogP contribution in [-0.4, -0.2) is 28.2 Å². The molecule has 1 aromatic rings. The minimum absolute atomic E-state index is 0.0150. The first-order valence-electron chi connectivity index (χ1n) is 6.82. The van der Waals surface area contributed by atoms with E-state index in [4.69, 9.17) is 16.7 Å². The Kier molecular flexibility index (Phi) is 4.53. The highest BCUT2D eigenvalue weighted by Gasteiger charge is 2.28. The van der Waals surface area contributed by atoms with Crippen LogP contribution in [0.2, 0.25) is 5.02 Å². The fraction of sp³-hybridized carbons (Fsp3) is 0.643. The van der Waals surface area contributed by atoms with Gasteiger partial charge in [0.25, 0.3) is 5.91 Å². The summed E-state index contributed by atoms with van der Waals surface area (Å²) in [4.78, 5) is 12.3. The van der Waals surface area contributed by atoms with E-state index in [0.717, 1.165) is 12.8 Å². The summed E-state index contributed by atoms with van der Waals surface area (Å²) in [6, 6.07) is 2.12. The van der Waals surface area contributed by atoms with Gasteiger partial charge in [0.1, 0.15) is 5.69 Å². The number of nitrogens with zero attached hydrogens (tertiary/aromatic N) is 1. The van der Waals surface area contributed by atoms with E-state index in [0.29, 0.717) is 23.2 Å². The molecular weight excluding hydrogens is 264 g/mol. The zero-order chi connectivity index (χ0) is 14.0. The number of aliphatic hydroxyl groups is 1. The first-order valence-corrected chi connectivity index (χ1v) is 7.19. The van der Waals surface area contributed by atoms with Gasteiger partial charge >= 0.3 is 0 Å². The van der Waals surface area contributed by atoms with Crippen molar-refractivity contribution in [1.29, 1.82) is 0 Å². The summed E-state index contributed by atoms with van der Waals surface area (Å²) < 4.78 is 1.97. The molecule has 1 aliphatic rings. The summed E-state index contributed by atoms with van der Waals surface area (Å²) >= 11 is 6.00. The second-order valence-electron chi connectivity index (χ2n) is 5.52. The monoisotopic (exact) mass is 284 g/mol. The van der Waals surface area contributed by atoms with E-state index < -0.39 is 0 Å².